The minimum absolute atomic E-state index is 0.0669. The highest BCUT2D eigenvalue weighted by atomic mass is 16.1. The number of hydrogen-bond acceptors (Lipinski definition) is 2. The lowest BCUT2D eigenvalue weighted by Gasteiger charge is -2.20. The van der Waals surface area contributed by atoms with Gasteiger partial charge in [-0.25, -0.2) is 4.99 Å². The molecule has 0 radical (unpaired) electrons. The van der Waals surface area contributed by atoms with E-state index in [-0.39, 0.29) is 11.4 Å². The van der Waals surface area contributed by atoms with E-state index in [0.29, 0.717) is 18.7 Å². The lowest BCUT2D eigenvalue weighted by atomic mass is 10.1. The molecule has 0 aromatic heterocycles. The Morgan fingerprint density at radius 1 is 1.00 bits per heavy atom. The maximum absolute atomic E-state index is 12.4. The largest absolute Gasteiger partial charge is 0.357 e. The van der Waals surface area contributed by atoms with E-state index in [1.807, 2.05) is 52.0 Å². The average molecular weight is 381 g/mol. The first kappa shape index (κ1) is 21.5. The first-order valence-electron chi connectivity index (χ1n) is 9.76. The predicted octanol–water partition coefficient (Wildman–Crippen LogP) is 3.78. The standard InChI is InChI=1S/C23H32N4O/c1-6-24-22(25-15-18-12-10-17(2)11-13-18)26-16-19-8-7-9-20(14-19)21(28)27-23(3,4)5/h7-14H,6,15-16H2,1-5H3,(H,27,28)(H2,24,25,26). The van der Waals surface area contributed by atoms with Crippen molar-refractivity contribution in [3.8, 4) is 0 Å². The van der Waals surface area contributed by atoms with Crippen LogP contribution in [0.15, 0.2) is 53.5 Å². The molecule has 0 aliphatic rings. The first-order valence-corrected chi connectivity index (χ1v) is 9.76. The van der Waals surface area contributed by atoms with Crippen LogP contribution in [0.2, 0.25) is 0 Å². The highest BCUT2D eigenvalue weighted by Crippen LogP contribution is 2.09. The molecule has 5 heteroatoms. The molecule has 0 heterocycles. The highest BCUT2D eigenvalue weighted by Gasteiger charge is 2.15. The van der Waals surface area contributed by atoms with Gasteiger partial charge in [-0.1, -0.05) is 42.0 Å². The van der Waals surface area contributed by atoms with Gasteiger partial charge in [-0.15, -0.1) is 0 Å². The predicted molar refractivity (Wildman–Crippen MR) is 116 cm³/mol. The van der Waals surface area contributed by atoms with Crippen molar-refractivity contribution < 1.29 is 4.79 Å². The van der Waals surface area contributed by atoms with Crippen LogP contribution in [-0.4, -0.2) is 24.0 Å². The topological polar surface area (TPSA) is 65.5 Å². The maximum atomic E-state index is 12.4. The number of nitrogens with one attached hydrogen (secondary N) is 3. The molecule has 0 spiro atoms. The molecular formula is C23H32N4O. The normalized spacial score (nSPS) is 11.8. The molecule has 0 aliphatic heterocycles. The molecule has 0 bridgehead atoms. The molecule has 0 aliphatic carbocycles. The zero-order valence-corrected chi connectivity index (χ0v) is 17.6. The minimum Gasteiger partial charge on any atom is -0.357 e. The van der Waals surface area contributed by atoms with Gasteiger partial charge in [0.2, 0.25) is 0 Å². The van der Waals surface area contributed by atoms with Crippen molar-refractivity contribution in [3.63, 3.8) is 0 Å². The number of rotatable bonds is 6. The summed E-state index contributed by atoms with van der Waals surface area (Å²) in [4.78, 5) is 17.0. The van der Waals surface area contributed by atoms with Crippen molar-refractivity contribution in [2.75, 3.05) is 6.54 Å². The summed E-state index contributed by atoms with van der Waals surface area (Å²) in [5.74, 6) is 0.690. The summed E-state index contributed by atoms with van der Waals surface area (Å²) in [6, 6.07) is 16.1. The van der Waals surface area contributed by atoms with Crippen LogP contribution in [0, 0.1) is 6.92 Å². The van der Waals surface area contributed by atoms with Gasteiger partial charge in [-0.3, -0.25) is 4.79 Å². The number of guanidine groups is 1. The monoisotopic (exact) mass is 380 g/mol. The van der Waals surface area contributed by atoms with Gasteiger partial charge in [-0.2, -0.15) is 0 Å². The van der Waals surface area contributed by atoms with E-state index in [1.165, 1.54) is 11.1 Å². The van der Waals surface area contributed by atoms with Crippen molar-refractivity contribution in [1.82, 2.24) is 16.0 Å². The summed E-state index contributed by atoms with van der Waals surface area (Å²) in [5.41, 5.74) is 3.84. The fourth-order valence-electron chi connectivity index (χ4n) is 2.63. The van der Waals surface area contributed by atoms with Crippen LogP contribution in [0.25, 0.3) is 0 Å². The number of aryl methyl sites for hydroxylation is 1. The molecule has 5 nitrogen and oxygen atoms in total. The second-order valence-corrected chi connectivity index (χ2v) is 7.94. The number of carbonyl (C=O) groups is 1. The minimum atomic E-state index is -0.261. The number of nitrogens with zero attached hydrogens (tertiary/aromatic N) is 1. The highest BCUT2D eigenvalue weighted by molar-refractivity contribution is 5.94. The van der Waals surface area contributed by atoms with Gasteiger partial charge in [0.25, 0.3) is 5.91 Å². The summed E-state index contributed by atoms with van der Waals surface area (Å²) in [6.45, 7) is 12.0. The Morgan fingerprint density at radius 2 is 1.71 bits per heavy atom. The summed E-state index contributed by atoms with van der Waals surface area (Å²) in [6.07, 6.45) is 0. The third-order valence-corrected chi connectivity index (χ3v) is 4.02. The Balaban J connectivity index is 2.02. The van der Waals surface area contributed by atoms with E-state index in [2.05, 4.69) is 52.1 Å². The van der Waals surface area contributed by atoms with Crippen LogP contribution in [0.3, 0.4) is 0 Å². The lowest BCUT2D eigenvalue weighted by molar-refractivity contribution is 0.0919. The van der Waals surface area contributed by atoms with E-state index >= 15 is 0 Å². The van der Waals surface area contributed by atoms with E-state index < -0.39 is 0 Å². The van der Waals surface area contributed by atoms with Crippen molar-refractivity contribution in [2.24, 2.45) is 4.99 Å². The quantitative estimate of drug-likeness (QED) is 0.528. The fraction of sp³-hybridized carbons (Fsp3) is 0.391. The van der Waals surface area contributed by atoms with Gasteiger partial charge in [0.1, 0.15) is 0 Å². The number of hydrogen-bond donors (Lipinski definition) is 3. The van der Waals surface area contributed by atoms with Crippen molar-refractivity contribution in [2.45, 2.75) is 53.2 Å². The van der Waals surface area contributed by atoms with Crippen LogP contribution in [0.5, 0.6) is 0 Å². The molecule has 28 heavy (non-hydrogen) atoms. The van der Waals surface area contributed by atoms with Crippen LogP contribution >= 0.6 is 0 Å². The van der Waals surface area contributed by atoms with Gasteiger partial charge in [-0.05, 0) is 57.9 Å². The van der Waals surface area contributed by atoms with Gasteiger partial charge in [0, 0.05) is 24.2 Å². The van der Waals surface area contributed by atoms with Crippen molar-refractivity contribution in [3.05, 3.63) is 70.8 Å². The van der Waals surface area contributed by atoms with Crippen LogP contribution in [-0.2, 0) is 13.1 Å². The van der Waals surface area contributed by atoms with E-state index in [0.717, 1.165) is 18.1 Å². The second-order valence-electron chi connectivity index (χ2n) is 7.94. The molecule has 0 atom stereocenters. The first-order chi connectivity index (χ1) is 13.3. The molecule has 0 saturated heterocycles. The maximum Gasteiger partial charge on any atom is 0.251 e. The summed E-state index contributed by atoms with van der Waals surface area (Å²) < 4.78 is 0. The molecule has 2 rings (SSSR count). The Morgan fingerprint density at radius 3 is 2.36 bits per heavy atom. The van der Waals surface area contributed by atoms with Crippen LogP contribution in [0.1, 0.15) is 54.7 Å². The number of benzene rings is 2. The van der Waals surface area contributed by atoms with Gasteiger partial charge in [0.15, 0.2) is 5.96 Å². The van der Waals surface area contributed by atoms with Crippen LogP contribution in [0.4, 0.5) is 0 Å². The number of aliphatic imine (C=N–C) groups is 1. The Kier molecular flexibility index (Phi) is 7.61. The van der Waals surface area contributed by atoms with E-state index in [9.17, 15) is 4.79 Å². The molecular weight excluding hydrogens is 348 g/mol. The molecule has 0 unspecified atom stereocenters. The summed E-state index contributed by atoms with van der Waals surface area (Å²) in [5, 5.41) is 9.61. The third kappa shape index (κ3) is 7.43. The average Bonchev–Trinajstić information content (AvgIpc) is 2.64. The van der Waals surface area contributed by atoms with E-state index in [4.69, 9.17) is 0 Å². The number of amides is 1. The SMILES string of the molecule is CCNC(=NCc1cccc(C(=O)NC(C)(C)C)c1)NCc1ccc(C)cc1. The number of carbonyl (C=O) groups excluding carboxylic acids is 1. The Labute approximate surface area is 168 Å². The van der Waals surface area contributed by atoms with Crippen molar-refractivity contribution >= 4 is 11.9 Å². The molecule has 0 fully saturated rings. The zero-order chi connectivity index (χ0) is 20.6. The molecule has 150 valence electrons. The van der Waals surface area contributed by atoms with Crippen molar-refractivity contribution in [1.29, 1.82) is 0 Å². The Bertz CT molecular complexity index is 804. The third-order valence-electron chi connectivity index (χ3n) is 4.02. The smallest absolute Gasteiger partial charge is 0.251 e. The lowest BCUT2D eigenvalue weighted by Crippen LogP contribution is -2.40. The molecule has 2 aromatic carbocycles. The zero-order valence-electron chi connectivity index (χ0n) is 17.6. The van der Waals surface area contributed by atoms with E-state index in [1.54, 1.807) is 0 Å². The fourth-order valence-corrected chi connectivity index (χ4v) is 2.63. The van der Waals surface area contributed by atoms with Crippen LogP contribution < -0.4 is 16.0 Å². The van der Waals surface area contributed by atoms with Gasteiger partial charge in [0.05, 0.1) is 6.54 Å². The second kappa shape index (κ2) is 9.93. The molecule has 1 amide bonds. The molecule has 3 N–H and O–H groups in total. The van der Waals surface area contributed by atoms with Gasteiger partial charge >= 0.3 is 0 Å². The molecule has 2 aromatic rings. The van der Waals surface area contributed by atoms with Gasteiger partial charge < -0.3 is 16.0 Å². The molecule has 0 saturated carbocycles. The summed E-state index contributed by atoms with van der Waals surface area (Å²) >= 11 is 0. The summed E-state index contributed by atoms with van der Waals surface area (Å²) in [7, 11) is 0. The Hall–Kier alpha value is -2.82.